The Morgan fingerprint density at radius 1 is 0.571 bits per heavy atom. The second-order valence-corrected chi connectivity index (χ2v) is 8.21. The van der Waals surface area contributed by atoms with Crippen LogP contribution in [0.5, 0.6) is 0 Å². The van der Waals surface area contributed by atoms with E-state index in [1.54, 1.807) is 0 Å². The lowest BCUT2D eigenvalue weighted by atomic mass is 10.1. The molecule has 2 unspecified atom stereocenters. The van der Waals surface area contributed by atoms with Crippen LogP contribution in [0.1, 0.15) is 103 Å². The van der Waals surface area contributed by atoms with E-state index in [-0.39, 0.29) is 12.6 Å². The normalized spacial score (nSPS) is 23.4. The minimum Gasteiger partial charge on any atom is -0.353 e. The van der Waals surface area contributed by atoms with Gasteiger partial charge in [-0.2, -0.15) is 0 Å². The summed E-state index contributed by atoms with van der Waals surface area (Å²) in [5.41, 5.74) is 0. The number of hydrogen-bond acceptors (Lipinski definition) is 4. The molecule has 2 atom stereocenters. The molecule has 2 saturated heterocycles. The molecule has 0 aromatic heterocycles. The highest BCUT2D eigenvalue weighted by Crippen LogP contribution is 2.15. The van der Waals surface area contributed by atoms with Crippen LogP contribution in [0.25, 0.3) is 0 Å². The fraction of sp³-hybridized carbons (Fsp3) is 0.917. The maximum Gasteiger partial charge on any atom is 0.157 e. The van der Waals surface area contributed by atoms with Crippen LogP contribution in [0.4, 0.5) is 0 Å². The van der Waals surface area contributed by atoms with Crippen molar-refractivity contribution in [3.63, 3.8) is 0 Å². The molecule has 2 aliphatic rings. The van der Waals surface area contributed by atoms with E-state index in [2.05, 4.69) is 12.2 Å². The average molecular weight is 397 g/mol. The van der Waals surface area contributed by atoms with Crippen molar-refractivity contribution in [2.45, 2.75) is 115 Å². The van der Waals surface area contributed by atoms with Gasteiger partial charge in [-0.1, -0.05) is 37.8 Å². The summed E-state index contributed by atoms with van der Waals surface area (Å²) in [7, 11) is 0. The lowest BCUT2D eigenvalue weighted by molar-refractivity contribution is -0.163. The van der Waals surface area contributed by atoms with Gasteiger partial charge in [0.05, 0.1) is 0 Å². The summed E-state index contributed by atoms with van der Waals surface area (Å²) >= 11 is 0. The Labute approximate surface area is 173 Å². The van der Waals surface area contributed by atoms with Gasteiger partial charge in [0.2, 0.25) is 0 Å². The molecule has 4 heteroatoms. The third kappa shape index (κ3) is 12.9. The topological polar surface area (TPSA) is 36.9 Å². The molecule has 164 valence electrons. The van der Waals surface area contributed by atoms with Gasteiger partial charge in [-0.15, -0.1) is 0 Å². The van der Waals surface area contributed by atoms with Crippen LogP contribution >= 0.6 is 0 Å². The highest BCUT2D eigenvalue weighted by Gasteiger charge is 2.13. The molecular formula is C24H44O4. The van der Waals surface area contributed by atoms with Gasteiger partial charge in [-0.25, -0.2) is 0 Å². The fourth-order valence-electron chi connectivity index (χ4n) is 3.79. The number of unbranched alkanes of at least 4 members (excludes halogenated alkanes) is 8. The van der Waals surface area contributed by atoms with Crippen LogP contribution in [0, 0.1) is 0 Å². The number of hydrogen-bond donors (Lipinski definition) is 0. The highest BCUT2D eigenvalue weighted by molar-refractivity contribution is 4.81. The van der Waals surface area contributed by atoms with Crippen molar-refractivity contribution < 1.29 is 18.9 Å². The van der Waals surface area contributed by atoms with Gasteiger partial charge in [0.15, 0.2) is 12.6 Å². The number of allylic oxidation sites excluding steroid dienone is 2. The van der Waals surface area contributed by atoms with Crippen molar-refractivity contribution in [3.8, 4) is 0 Å². The molecule has 2 heterocycles. The van der Waals surface area contributed by atoms with Crippen molar-refractivity contribution in [2.75, 3.05) is 26.4 Å². The molecule has 0 N–H and O–H groups in total. The molecule has 4 nitrogen and oxygen atoms in total. The monoisotopic (exact) mass is 396 g/mol. The van der Waals surface area contributed by atoms with Crippen LogP contribution in [0.15, 0.2) is 12.2 Å². The Balaban J connectivity index is 1.24. The Morgan fingerprint density at radius 2 is 1.04 bits per heavy atom. The molecule has 0 aliphatic carbocycles. The first-order valence-electron chi connectivity index (χ1n) is 12.1. The molecule has 2 rings (SSSR count). The zero-order valence-corrected chi connectivity index (χ0v) is 18.1. The van der Waals surface area contributed by atoms with E-state index in [0.717, 1.165) is 39.3 Å². The SMILES string of the molecule is C(=C\CCCCCCOC1CCCCO1)/CCCCCCOC1CCCCO1. The van der Waals surface area contributed by atoms with Gasteiger partial charge in [0, 0.05) is 26.4 Å². The molecule has 0 amide bonds. The van der Waals surface area contributed by atoms with Gasteiger partial charge in [-0.05, 0) is 77.0 Å². The molecule has 0 aromatic rings. The molecule has 2 fully saturated rings. The van der Waals surface area contributed by atoms with Gasteiger partial charge >= 0.3 is 0 Å². The quantitative estimate of drug-likeness (QED) is 0.219. The summed E-state index contributed by atoms with van der Waals surface area (Å²) in [6.45, 7) is 3.47. The van der Waals surface area contributed by atoms with Gasteiger partial charge in [-0.3, -0.25) is 0 Å². The molecule has 0 bridgehead atoms. The summed E-state index contributed by atoms with van der Waals surface area (Å²) in [4.78, 5) is 0. The molecular weight excluding hydrogens is 352 g/mol. The largest absolute Gasteiger partial charge is 0.353 e. The standard InChI is InChI=1S/C24H44O4/c1(3-5-7-9-13-19-25-23-17-11-15-21-27-23)2-4-6-8-10-14-20-26-24-18-12-16-22-28-24/h1-2,23-24H,3-22H2/b2-1+. The molecule has 0 spiro atoms. The lowest BCUT2D eigenvalue weighted by Crippen LogP contribution is -2.22. The summed E-state index contributed by atoms with van der Waals surface area (Å²) < 4.78 is 22.7. The Bertz CT molecular complexity index is 326. The van der Waals surface area contributed by atoms with E-state index in [4.69, 9.17) is 18.9 Å². The minimum absolute atomic E-state index is 0.0788. The summed E-state index contributed by atoms with van der Waals surface area (Å²) in [6, 6.07) is 0. The number of ether oxygens (including phenoxy) is 4. The second-order valence-electron chi connectivity index (χ2n) is 8.21. The van der Waals surface area contributed by atoms with Crippen molar-refractivity contribution in [1.29, 1.82) is 0 Å². The summed E-state index contributed by atoms with van der Waals surface area (Å²) in [6.07, 6.45) is 24.5. The molecule has 0 saturated carbocycles. The fourth-order valence-corrected chi connectivity index (χ4v) is 3.79. The third-order valence-electron chi connectivity index (χ3n) is 5.58. The Kier molecular flexibility index (Phi) is 14.9. The minimum atomic E-state index is 0.0788. The van der Waals surface area contributed by atoms with Gasteiger partial charge in [0.25, 0.3) is 0 Å². The van der Waals surface area contributed by atoms with Crippen LogP contribution in [0.2, 0.25) is 0 Å². The average Bonchev–Trinajstić information content (AvgIpc) is 2.75. The summed E-state index contributed by atoms with van der Waals surface area (Å²) in [5, 5.41) is 0. The van der Waals surface area contributed by atoms with Crippen LogP contribution in [-0.2, 0) is 18.9 Å². The third-order valence-corrected chi connectivity index (χ3v) is 5.58. The van der Waals surface area contributed by atoms with E-state index in [1.165, 1.54) is 89.9 Å². The van der Waals surface area contributed by atoms with Gasteiger partial charge in [0.1, 0.15) is 0 Å². The first kappa shape index (κ1) is 23.9. The van der Waals surface area contributed by atoms with E-state index < -0.39 is 0 Å². The van der Waals surface area contributed by atoms with Crippen molar-refractivity contribution in [2.24, 2.45) is 0 Å². The molecule has 0 aromatic carbocycles. The van der Waals surface area contributed by atoms with Gasteiger partial charge < -0.3 is 18.9 Å². The molecule has 28 heavy (non-hydrogen) atoms. The van der Waals surface area contributed by atoms with E-state index in [9.17, 15) is 0 Å². The smallest absolute Gasteiger partial charge is 0.157 e. The zero-order chi connectivity index (χ0) is 19.5. The first-order chi connectivity index (χ1) is 13.9. The van der Waals surface area contributed by atoms with Crippen LogP contribution in [-0.4, -0.2) is 39.0 Å². The number of rotatable bonds is 16. The van der Waals surface area contributed by atoms with Crippen LogP contribution in [0.3, 0.4) is 0 Å². The highest BCUT2D eigenvalue weighted by atomic mass is 16.7. The molecule has 2 aliphatic heterocycles. The van der Waals surface area contributed by atoms with E-state index in [1.807, 2.05) is 0 Å². The van der Waals surface area contributed by atoms with Crippen molar-refractivity contribution in [3.05, 3.63) is 12.2 Å². The second kappa shape index (κ2) is 17.4. The Morgan fingerprint density at radius 3 is 1.46 bits per heavy atom. The predicted octanol–water partition coefficient (Wildman–Crippen LogP) is 6.53. The maximum absolute atomic E-state index is 5.77. The zero-order valence-electron chi connectivity index (χ0n) is 18.1. The first-order valence-corrected chi connectivity index (χ1v) is 12.1. The predicted molar refractivity (Wildman–Crippen MR) is 114 cm³/mol. The lowest BCUT2D eigenvalue weighted by Gasteiger charge is -2.22. The van der Waals surface area contributed by atoms with E-state index >= 15 is 0 Å². The van der Waals surface area contributed by atoms with Crippen molar-refractivity contribution in [1.82, 2.24) is 0 Å². The maximum atomic E-state index is 5.77. The Hall–Kier alpha value is -0.420. The van der Waals surface area contributed by atoms with Crippen molar-refractivity contribution >= 4 is 0 Å². The molecule has 0 radical (unpaired) electrons. The van der Waals surface area contributed by atoms with E-state index in [0.29, 0.717) is 0 Å². The van der Waals surface area contributed by atoms with Crippen LogP contribution < -0.4 is 0 Å². The summed E-state index contributed by atoms with van der Waals surface area (Å²) in [5.74, 6) is 0.